The van der Waals surface area contributed by atoms with E-state index in [0.717, 1.165) is 23.2 Å². The summed E-state index contributed by atoms with van der Waals surface area (Å²) in [5, 5.41) is 4.98. The zero-order chi connectivity index (χ0) is 17.8. The number of carbonyl (C=O) groups excluding carboxylic acids is 1. The first-order chi connectivity index (χ1) is 12.1. The van der Waals surface area contributed by atoms with Crippen LogP contribution < -0.4 is 9.47 Å². The van der Waals surface area contributed by atoms with Gasteiger partial charge in [0.1, 0.15) is 18.0 Å². The van der Waals surface area contributed by atoms with E-state index in [4.69, 9.17) is 21.1 Å². The lowest BCUT2D eigenvalue weighted by molar-refractivity contribution is 0.112. The van der Waals surface area contributed by atoms with Crippen molar-refractivity contribution in [3.63, 3.8) is 0 Å². The van der Waals surface area contributed by atoms with Crippen LogP contribution in [0.2, 0.25) is 5.15 Å². The Hall–Kier alpha value is -2.79. The molecule has 0 atom stereocenters. The van der Waals surface area contributed by atoms with E-state index < -0.39 is 0 Å². The molecule has 0 saturated heterocycles. The van der Waals surface area contributed by atoms with Crippen molar-refractivity contribution in [2.45, 2.75) is 13.5 Å². The third-order valence-corrected chi connectivity index (χ3v) is 4.21. The topological polar surface area (TPSA) is 53.4 Å². The molecule has 0 saturated carbocycles. The number of aldehydes is 1. The molecule has 6 heteroatoms. The molecule has 0 aliphatic rings. The predicted octanol–water partition coefficient (Wildman–Crippen LogP) is 4.23. The van der Waals surface area contributed by atoms with Crippen molar-refractivity contribution in [3.8, 4) is 17.2 Å². The first kappa shape index (κ1) is 17.0. The SMILES string of the molecule is COc1ccc(C=O)cc1OCc1c(C)nn(-c2ccccc2)c1Cl. The Labute approximate surface area is 150 Å². The number of para-hydroxylation sites is 1. The second kappa shape index (κ2) is 7.40. The van der Waals surface area contributed by atoms with Crippen LogP contribution in [0.4, 0.5) is 0 Å². The Kier molecular flexibility index (Phi) is 5.05. The first-order valence-electron chi connectivity index (χ1n) is 7.69. The van der Waals surface area contributed by atoms with Crippen LogP contribution in [0.15, 0.2) is 48.5 Å². The molecule has 0 bridgehead atoms. The van der Waals surface area contributed by atoms with Gasteiger partial charge in [-0.1, -0.05) is 29.8 Å². The lowest BCUT2D eigenvalue weighted by atomic mass is 10.2. The molecule has 0 aliphatic carbocycles. The highest BCUT2D eigenvalue weighted by atomic mass is 35.5. The van der Waals surface area contributed by atoms with Crippen LogP contribution >= 0.6 is 11.6 Å². The van der Waals surface area contributed by atoms with Crippen LogP contribution in [-0.4, -0.2) is 23.2 Å². The number of hydrogen-bond donors (Lipinski definition) is 0. The minimum Gasteiger partial charge on any atom is -0.493 e. The van der Waals surface area contributed by atoms with Gasteiger partial charge in [-0.05, 0) is 37.3 Å². The maximum Gasteiger partial charge on any atom is 0.162 e. The summed E-state index contributed by atoms with van der Waals surface area (Å²) in [6.07, 6.45) is 0.762. The zero-order valence-corrected chi connectivity index (χ0v) is 14.7. The molecule has 128 valence electrons. The van der Waals surface area contributed by atoms with Crippen LogP contribution in [0, 0.1) is 6.92 Å². The molecule has 0 aliphatic heterocycles. The number of benzene rings is 2. The Bertz CT molecular complexity index is 891. The largest absolute Gasteiger partial charge is 0.493 e. The summed E-state index contributed by atoms with van der Waals surface area (Å²) < 4.78 is 12.8. The quantitative estimate of drug-likeness (QED) is 0.620. The molecule has 0 spiro atoms. The standard InChI is InChI=1S/C19H17ClN2O3/c1-13-16(19(20)22(21-13)15-6-4-3-5-7-15)12-25-18-10-14(11-23)8-9-17(18)24-2/h3-11H,12H2,1-2H3. The number of methoxy groups -OCH3 is 1. The van der Waals surface area contributed by atoms with E-state index in [9.17, 15) is 4.79 Å². The highest BCUT2D eigenvalue weighted by Gasteiger charge is 2.16. The Morgan fingerprint density at radius 2 is 1.92 bits per heavy atom. The molecule has 0 unspecified atom stereocenters. The summed E-state index contributed by atoms with van der Waals surface area (Å²) in [5.41, 5.74) is 2.95. The maximum atomic E-state index is 11.0. The highest BCUT2D eigenvalue weighted by molar-refractivity contribution is 6.30. The molecule has 3 aromatic rings. The van der Waals surface area contributed by atoms with Gasteiger partial charge >= 0.3 is 0 Å². The molecule has 0 fully saturated rings. The maximum absolute atomic E-state index is 11.0. The van der Waals surface area contributed by atoms with Gasteiger partial charge in [-0.15, -0.1) is 0 Å². The number of nitrogens with zero attached hydrogens (tertiary/aromatic N) is 2. The van der Waals surface area contributed by atoms with Gasteiger partial charge in [0.2, 0.25) is 0 Å². The first-order valence-corrected chi connectivity index (χ1v) is 8.07. The van der Waals surface area contributed by atoms with Crippen molar-refractivity contribution in [2.24, 2.45) is 0 Å². The average molecular weight is 357 g/mol. The lowest BCUT2D eigenvalue weighted by Crippen LogP contribution is -2.00. The van der Waals surface area contributed by atoms with E-state index in [1.165, 1.54) is 0 Å². The number of hydrogen-bond acceptors (Lipinski definition) is 4. The van der Waals surface area contributed by atoms with Crippen molar-refractivity contribution in [3.05, 3.63) is 70.5 Å². The van der Waals surface area contributed by atoms with Crippen molar-refractivity contribution in [1.82, 2.24) is 9.78 Å². The Morgan fingerprint density at radius 3 is 2.60 bits per heavy atom. The minimum absolute atomic E-state index is 0.218. The van der Waals surface area contributed by atoms with Crippen LogP contribution in [0.5, 0.6) is 11.5 Å². The van der Waals surface area contributed by atoms with Crippen molar-refractivity contribution in [1.29, 1.82) is 0 Å². The van der Waals surface area contributed by atoms with Gasteiger partial charge in [-0.3, -0.25) is 4.79 Å². The molecular formula is C19H17ClN2O3. The summed E-state index contributed by atoms with van der Waals surface area (Å²) >= 11 is 6.50. The van der Waals surface area contributed by atoms with Gasteiger partial charge in [-0.2, -0.15) is 5.10 Å². The number of carbonyl (C=O) groups is 1. The molecule has 1 heterocycles. The molecule has 0 radical (unpaired) electrons. The molecule has 5 nitrogen and oxygen atoms in total. The van der Waals surface area contributed by atoms with E-state index in [1.807, 2.05) is 37.3 Å². The summed E-state index contributed by atoms with van der Waals surface area (Å²) in [7, 11) is 1.55. The molecule has 0 N–H and O–H groups in total. The molecular weight excluding hydrogens is 340 g/mol. The van der Waals surface area contributed by atoms with E-state index in [1.54, 1.807) is 30.0 Å². The summed E-state index contributed by atoms with van der Waals surface area (Å²) in [5.74, 6) is 1.03. The van der Waals surface area contributed by atoms with Gasteiger partial charge in [0, 0.05) is 11.1 Å². The lowest BCUT2D eigenvalue weighted by Gasteiger charge is -2.11. The van der Waals surface area contributed by atoms with Gasteiger partial charge in [0.15, 0.2) is 11.5 Å². The molecule has 0 amide bonds. The number of ether oxygens (including phenoxy) is 2. The normalized spacial score (nSPS) is 10.5. The molecule has 2 aromatic carbocycles. The fourth-order valence-corrected chi connectivity index (χ4v) is 2.79. The fraction of sp³-hybridized carbons (Fsp3) is 0.158. The van der Waals surface area contributed by atoms with Gasteiger partial charge < -0.3 is 9.47 Å². The third-order valence-electron chi connectivity index (χ3n) is 3.82. The van der Waals surface area contributed by atoms with Crippen LogP contribution in [0.25, 0.3) is 5.69 Å². The van der Waals surface area contributed by atoms with E-state index in [2.05, 4.69) is 5.10 Å². The van der Waals surface area contributed by atoms with Crippen molar-refractivity contribution in [2.75, 3.05) is 7.11 Å². The van der Waals surface area contributed by atoms with Crippen molar-refractivity contribution < 1.29 is 14.3 Å². The van der Waals surface area contributed by atoms with Gasteiger partial charge in [0.05, 0.1) is 18.5 Å². The minimum atomic E-state index is 0.218. The zero-order valence-electron chi connectivity index (χ0n) is 13.9. The number of aryl methyl sites for hydroxylation is 1. The number of rotatable bonds is 6. The van der Waals surface area contributed by atoms with Gasteiger partial charge in [0.25, 0.3) is 0 Å². The van der Waals surface area contributed by atoms with Crippen LogP contribution in [0.3, 0.4) is 0 Å². The molecule has 3 rings (SSSR count). The smallest absolute Gasteiger partial charge is 0.162 e. The predicted molar refractivity (Wildman–Crippen MR) is 96.0 cm³/mol. The molecule has 1 aromatic heterocycles. The third kappa shape index (κ3) is 3.51. The van der Waals surface area contributed by atoms with Gasteiger partial charge in [-0.25, -0.2) is 4.68 Å². The summed E-state index contributed by atoms with van der Waals surface area (Å²) in [6.45, 7) is 2.10. The van der Waals surface area contributed by atoms with E-state index in [0.29, 0.717) is 22.2 Å². The Balaban J connectivity index is 1.87. The summed E-state index contributed by atoms with van der Waals surface area (Å²) in [6, 6.07) is 14.6. The van der Waals surface area contributed by atoms with Crippen LogP contribution in [-0.2, 0) is 6.61 Å². The van der Waals surface area contributed by atoms with E-state index >= 15 is 0 Å². The summed E-state index contributed by atoms with van der Waals surface area (Å²) in [4.78, 5) is 11.0. The average Bonchev–Trinajstić information content (AvgIpc) is 2.94. The second-order valence-corrected chi connectivity index (χ2v) is 5.78. The van der Waals surface area contributed by atoms with Crippen LogP contribution in [0.1, 0.15) is 21.6 Å². The number of halogens is 1. The molecule has 25 heavy (non-hydrogen) atoms. The monoisotopic (exact) mass is 356 g/mol. The Morgan fingerprint density at radius 1 is 1.16 bits per heavy atom. The highest BCUT2D eigenvalue weighted by Crippen LogP contribution is 2.30. The van der Waals surface area contributed by atoms with E-state index in [-0.39, 0.29) is 6.61 Å². The second-order valence-electron chi connectivity index (χ2n) is 5.42. The number of aromatic nitrogens is 2. The van der Waals surface area contributed by atoms with Crippen molar-refractivity contribution >= 4 is 17.9 Å². The fourth-order valence-electron chi connectivity index (χ4n) is 2.46.